The van der Waals surface area contributed by atoms with E-state index < -0.39 is 0 Å². The van der Waals surface area contributed by atoms with Crippen LogP contribution < -0.4 is 0 Å². The zero-order chi connectivity index (χ0) is 16.5. The van der Waals surface area contributed by atoms with Crippen molar-refractivity contribution in [1.29, 1.82) is 0 Å². The normalized spacial score (nSPS) is 15.4. The molecule has 5 nitrogen and oxygen atoms in total. The smallest absolute Gasteiger partial charge is 0.210 e. The minimum absolute atomic E-state index is 0.152. The van der Waals surface area contributed by atoms with E-state index in [9.17, 15) is 4.79 Å². The molecule has 7 heteroatoms. The van der Waals surface area contributed by atoms with Gasteiger partial charge in [-0.2, -0.15) is 0 Å². The van der Waals surface area contributed by atoms with Gasteiger partial charge in [-0.05, 0) is 47.2 Å². The van der Waals surface area contributed by atoms with Crippen LogP contribution in [0.2, 0.25) is 0 Å². The van der Waals surface area contributed by atoms with Crippen LogP contribution in [0.25, 0.3) is 10.1 Å². The first-order chi connectivity index (χ1) is 11.7. The fourth-order valence-corrected chi connectivity index (χ4v) is 5.35. The van der Waals surface area contributed by atoms with Crippen LogP contribution in [0.3, 0.4) is 0 Å². The van der Waals surface area contributed by atoms with Crippen molar-refractivity contribution in [3.63, 3.8) is 0 Å². The van der Waals surface area contributed by atoms with Crippen LogP contribution in [-0.4, -0.2) is 31.7 Å². The molecule has 0 saturated heterocycles. The number of Topliss-reactive ketones (excluding diaryl/α,β-unsaturated/α-hetero) is 1. The molecule has 2 aromatic heterocycles. The number of thiophene rings is 1. The fourth-order valence-electron chi connectivity index (χ4n) is 3.29. The van der Waals surface area contributed by atoms with Gasteiger partial charge in [0.25, 0.3) is 0 Å². The zero-order valence-electron chi connectivity index (χ0n) is 13.4. The summed E-state index contributed by atoms with van der Waals surface area (Å²) in [6, 6.07) is 8.56. The quantitative estimate of drug-likeness (QED) is 0.503. The molecule has 0 radical (unpaired) electrons. The molecule has 1 fully saturated rings. The van der Waals surface area contributed by atoms with E-state index in [1.54, 1.807) is 11.3 Å². The molecule has 1 aliphatic carbocycles. The van der Waals surface area contributed by atoms with Gasteiger partial charge in [0.05, 0.1) is 16.7 Å². The van der Waals surface area contributed by atoms with Crippen LogP contribution in [0.5, 0.6) is 0 Å². The third kappa shape index (κ3) is 2.86. The summed E-state index contributed by atoms with van der Waals surface area (Å²) in [6.07, 6.45) is 4.72. The first-order valence-electron chi connectivity index (χ1n) is 8.16. The lowest BCUT2D eigenvalue weighted by Crippen LogP contribution is -2.10. The number of aromatic nitrogens is 4. The van der Waals surface area contributed by atoms with Crippen molar-refractivity contribution in [1.82, 2.24) is 20.2 Å². The van der Waals surface area contributed by atoms with E-state index in [0.29, 0.717) is 11.8 Å². The van der Waals surface area contributed by atoms with Gasteiger partial charge in [0.2, 0.25) is 5.16 Å². The van der Waals surface area contributed by atoms with Gasteiger partial charge in [0.1, 0.15) is 0 Å². The molecule has 0 bridgehead atoms. The Morgan fingerprint density at radius 1 is 1.33 bits per heavy atom. The molecule has 0 amide bonds. The molecule has 3 aromatic rings. The van der Waals surface area contributed by atoms with Crippen LogP contribution >= 0.6 is 23.1 Å². The van der Waals surface area contributed by atoms with E-state index >= 15 is 0 Å². The zero-order valence-corrected chi connectivity index (χ0v) is 15.1. The topological polar surface area (TPSA) is 60.7 Å². The van der Waals surface area contributed by atoms with Gasteiger partial charge in [0.15, 0.2) is 5.78 Å². The number of carbonyl (C=O) groups is 1. The number of ketones is 1. The van der Waals surface area contributed by atoms with Crippen molar-refractivity contribution in [2.24, 2.45) is 0 Å². The fraction of sp³-hybridized carbons (Fsp3) is 0.412. The highest BCUT2D eigenvalue weighted by atomic mass is 32.2. The number of tetrazole rings is 1. The molecule has 124 valence electrons. The van der Waals surface area contributed by atoms with Crippen LogP contribution in [-0.2, 0) is 0 Å². The number of aryl methyl sites for hydroxylation is 1. The SMILES string of the molecule is Cc1c(C(=O)CSc2nnnn2C2CCCC2)sc2ccccc12. The Balaban J connectivity index is 1.50. The number of hydrogen-bond donors (Lipinski definition) is 0. The summed E-state index contributed by atoms with van der Waals surface area (Å²) in [7, 11) is 0. The predicted octanol–water partition coefficient (Wildman–Crippen LogP) is 4.29. The molecule has 1 aromatic carbocycles. The molecule has 2 heterocycles. The Hall–Kier alpha value is -1.73. The van der Waals surface area contributed by atoms with Gasteiger partial charge in [-0.15, -0.1) is 16.4 Å². The van der Waals surface area contributed by atoms with Crippen molar-refractivity contribution in [3.05, 3.63) is 34.7 Å². The highest BCUT2D eigenvalue weighted by Crippen LogP contribution is 2.33. The Labute approximate surface area is 148 Å². The number of thioether (sulfide) groups is 1. The molecule has 24 heavy (non-hydrogen) atoms. The van der Waals surface area contributed by atoms with E-state index in [0.717, 1.165) is 28.4 Å². The van der Waals surface area contributed by atoms with Crippen molar-refractivity contribution in [2.75, 3.05) is 5.75 Å². The second-order valence-corrected chi connectivity index (χ2v) is 8.10. The lowest BCUT2D eigenvalue weighted by molar-refractivity contribution is 0.102. The number of rotatable bonds is 5. The Morgan fingerprint density at radius 2 is 2.12 bits per heavy atom. The van der Waals surface area contributed by atoms with Gasteiger partial charge >= 0.3 is 0 Å². The van der Waals surface area contributed by atoms with Crippen molar-refractivity contribution >= 4 is 39.0 Å². The van der Waals surface area contributed by atoms with E-state index in [1.165, 1.54) is 34.7 Å². The summed E-state index contributed by atoms with van der Waals surface area (Å²) in [5, 5.41) is 14.0. The summed E-state index contributed by atoms with van der Waals surface area (Å²) in [6.45, 7) is 2.03. The second kappa shape index (κ2) is 6.64. The molecular weight excluding hydrogens is 340 g/mol. The first kappa shape index (κ1) is 15.8. The maximum atomic E-state index is 12.7. The van der Waals surface area contributed by atoms with Gasteiger partial charge in [0, 0.05) is 4.70 Å². The number of benzene rings is 1. The average Bonchev–Trinajstić information content (AvgIpc) is 3.32. The Kier molecular flexibility index (Phi) is 4.37. The number of hydrogen-bond acceptors (Lipinski definition) is 6. The molecule has 0 spiro atoms. The minimum atomic E-state index is 0.152. The van der Waals surface area contributed by atoms with Crippen molar-refractivity contribution < 1.29 is 4.79 Å². The summed E-state index contributed by atoms with van der Waals surface area (Å²) in [4.78, 5) is 13.5. The van der Waals surface area contributed by atoms with Crippen LogP contribution in [0, 0.1) is 6.92 Å². The molecule has 4 rings (SSSR count). The second-order valence-electron chi connectivity index (χ2n) is 6.11. The third-order valence-corrected chi connectivity index (χ3v) is 6.81. The summed E-state index contributed by atoms with van der Waals surface area (Å²) < 4.78 is 3.07. The molecule has 1 aliphatic rings. The van der Waals surface area contributed by atoms with Crippen molar-refractivity contribution in [3.8, 4) is 0 Å². The Morgan fingerprint density at radius 3 is 2.92 bits per heavy atom. The third-order valence-electron chi connectivity index (χ3n) is 4.56. The monoisotopic (exact) mass is 358 g/mol. The minimum Gasteiger partial charge on any atom is -0.292 e. The number of carbonyl (C=O) groups excluding carboxylic acids is 1. The largest absolute Gasteiger partial charge is 0.292 e. The number of fused-ring (bicyclic) bond motifs is 1. The summed E-state index contributed by atoms with van der Waals surface area (Å²) >= 11 is 3.02. The average molecular weight is 358 g/mol. The highest BCUT2D eigenvalue weighted by molar-refractivity contribution is 7.99. The summed E-state index contributed by atoms with van der Waals surface area (Å²) in [5.74, 6) is 0.528. The van der Waals surface area contributed by atoms with E-state index in [2.05, 4.69) is 27.7 Å². The standard InChI is InChI=1S/C17H18N4OS2/c1-11-13-8-4-5-9-15(13)24-16(11)14(22)10-23-17-18-19-20-21(17)12-6-2-3-7-12/h4-5,8-9,12H,2-3,6-7,10H2,1H3. The lowest BCUT2D eigenvalue weighted by Gasteiger charge is -2.10. The predicted molar refractivity (Wildman–Crippen MR) is 96.9 cm³/mol. The van der Waals surface area contributed by atoms with Crippen LogP contribution in [0.1, 0.15) is 47.0 Å². The Bertz CT molecular complexity index is 880. The van der Waals surface area contributed by atoms with Gasteiger partial charge in [-0.3, -0.25) is 4.79 Å². The molecule has 0 N–H and O–H groups in total. The maximum Gasteiger partial charge on any atom is 0.210 e. The number of nitrogens with zero attached hydrogens (tertiary/aromatic N) is 4. The van der Waals surface area contributed by atoms with E-state index in [-0.39, 0.29) is 5.78 Å². The van der Waals surface area contributed by atoms with E-state index in [1.807, 2.05) is 23.7 Å². The molecule has 0 aliphatic heterocycles. The maximum absolute atomic E-state index is 12.7. The first-order valence-corrected chi connectivity index (χ1v) is 9.96. The molecule has 1 saturated carbocycles. The summed E-state index contributed by atoms with van der Waals surface area (Å²) in [5.41, 5.74) is 1.08. The van der Waals surface area contributed by atoms with Gasteiger partial charge in [-0.1, -0.05) is 42.8 Å². The van der Waals surface area contributed by atoms with E-state index in [4.69, 9.17) is 0 Å². The molecule has 0 atom stereocenters. The van der Waals surface area contributed by atoms with Gasteiger partial charge < -0.3 is 0 Å². The molecule has 0 unspecified atom stereocenters. The highest BCUT2D eigenvalue weighted by Gasteiger charge is 2.23. The lowest BCUT2D eigenvalue weighted by atomic mass is 10.1. The van der Waals surface area contributed by atoms with Crippen LogP contribution in [0.4, 0.5) is 0 Å². The van der Waals surface area contributed by atoms with Crippen LogP contribution in [0.15, 0.2) is 29.4 Å². The van der Waals surface area contributed by atoms with Crippen molar-refractivity contribution in [2.45, 2.75) is 43.8 Å². The van der Waals surface area contributed by atoms with Gasteiger partial charge in [-0.25, -0.2) is 4.68 Å². The molecular formula is C17H18N4OS2.